The summed E-state index contributed by atoms with van der Waals surface area (Å²) in [6.07, 6.45) is 0. The Kier molecular flexibility index (Phi) is 6.29. The number of amides is 2. The number of piperazine rings is 1. The van der Waals surface area contributed by atoms with Gasteiger partial charge in [0.1, 0.15) is 0 Å². The van der Waals surface area contributed by atoms with Gasteiger partial charge in [-0.3, -0.25) is 0 Å². The van der Waals surface area contributed by atoms with Crippen molar-refractivity contribution < 1.29 is 14.3 Å². The van der Waals surface area contributed by atoms with Gasteiger partial charge < -0.3 is 24.6 Å². The highest BCUT2D eigenvalue weighted by atomic mass is 35.5. The highest BCUT2D eigenvalue weighted by Gasteiger charge is 2.21. The third kappa shape index (κ3) is 4.77. The van der Waals surface area contributed by atoms with E-state index in [1.165, 1.54) is 0 Å². The Morgan fingerprint density at radius 1 is 1.00 bits per heavy atom. The second-order valence-corrected chi connectivity index (χ2v) is 6.73. The van der Waals surface area contributed by atoms with Crippen LogP contribution < -0.4 is 19.7 Å². The van der Waals surface area contributed by atoms with Gasteiger partial charge in [-0.05, 0) is 29.8 Å². The van der Waals surface area contributed by atoms with Crippen LogP contribution in [0.5, 0.6) is 11.5 Å². The lowest BCUT2D eigenvalue weighted by atomic mass is 10.2. The minimum absolute atomic E-state index is 0.0445. The molecule has 2 aromatic rings. The maximum absolute atomic E-state index is 12.4. The van der Waals surface area contributed by atoms with Crippen molar-refractivity contribution in [3.05, 3.63) is 53.1 Å². The fourth-order valence-corrected chi connectivity index (χ4v) is 3.21. The highest BCUT2D eigenvalue weighted by molar-refractivity contribution is 6.30. The number of carbonyl (C=O) groups is 1. The van der Waals surface area contributed by atoms with Gasteiger partial charge in [0.2, 0.25) is 0 Å². The van der Waals surface area contributed by atoms with Gasteiger partial charge in [0.05, 0.1) is 14.2 Å². The lowest BCUT2D eigenvalue weighted by molar-refractivity contribution is 0.194. The highest BCUT2D eigenvalue weighted by Crippen LogP contribution is 2.31. The van der Waals surface area contributed by atoms with Crippen molar-refractivity contribution >= 4 is 23.3 Å². The van der Waals surface area contributed by atoms with Gasteiger partial charge in [-0.1, -0.05) is 23.7 Å². The summed E-state index contributed by atoms with van der Waals surface area (Å²) in [5, 5.41) is 3.66. The first-order chi connectivity index (χ1) is 13.1. The molecule has 0 unspecified atom stereocenters. The summed E-state index contributed by atoms with van der Waals surface area (Å²) < 4.78 is 10.7. The van der Waals surface area contributed by atoms with E-state index in [0.29, 0.717) is 36.2 Å². The summed E-state index contributed by atoms with van der Waals surface area (Å²) in [4.78, 5) is 16.5. The van der Waals surface area contributed by atoms with E-state index < -0.39 is 0 Å². The van der Waals surface area contributed by atoms with Crippen molar-refractivity contribution in [2.75, 3.05) is 45.3 Å². The average molecular weight is 390 g/mol. The van der Waals surface area contributed by atoms with Gasteiger partial charge >= 0.3 is 6.03 Å². The van der Waals surface area contributed by atoms with Crippen LogP contribution in [0.15, 0.2) is 42.5 Å². The molecule has 1 N–H and O–H groups in total. The Bertz CT molecular complexity index is 775. The molecular formula is C20H24ClN3O3. The van der Waals surface area contributed by atoms with E-state index in [0.717, 1.165) is 24.3 Å². The number of benzene rings is 2. The molecule has 2 aromatic carbocycles. The molecule has 0 aliphatic carbocycles. The van der Waals surface area contributed by atoms with Crippen LogP contribution >= 0.6 is 11.6 Å². The number of ether oxygens (including phenoxy) is 2. The fraction of sp³-hybridized carbons (Fsp3) is 0.350. The van der Waals surface area contributed by atoms with Crippen LogP contribution in [0.2, 0.25) is 5.02 Å². The Hall–Kier alpha value is -2.60. The van der Waals surface area contributed by atoms with Crippen LogP contribution in [-0.2, 0) is 6.54 Å². The molecule has 2 amide bonds. The van der Waals surface area contributed by atoms with Gasteiger partial charge in [0, 0.05) is 49.5 Å². The monoisotopic (exact) mass is 389 g/mol. The van der Waals surface area contributed by atoms with Crippen LogP contribution in [0.4, 0.5) is 10.5 Å². The van der Waals surface area contributed by atoms with Gasteiger partial charge in [-0.2, -0.15) is 0 Å². The predicted molar refractivity (Wildman–Crippen MR) is 107 cm³/mol. The average Bonchev–Trinajstić information content (AvgIpc) is 2.72. The van der Waals surface area contributed by atoms with E-state index in [2.05, 4.69) is 10.2 Å². The van der Waals surface area contributed by atoms with Crippen molar-refractivity contribution in [2.24, 2.45) is 0 Å². The standard InChI is InChI=1S/C20H24ClN3O3/c1-26-18-8-7-17(13-19(18)27-2)23-9-11-24(12-10-23)20(25)22-14-15-3-5-16(21)6-4-15/h3-8,13H,9-12,14H2,1-2H3,(H,22,25). The molecule has 1 heterocycles. The number of anilines is 1. The molecule has 0 atom stereocenters. The van der Waals surface area contributed by atoms with Gasteiger partial charge in [-0.25, -0.2) is 4.79 Å². The normalized spacial score (nSPS) is 14.0. The van der Waals surface area contributed by atoms with E-state index in [4.69, 9.17) is 21.1 Å². The van der Waals surface area contributed by atoms with E-state index >= 15 is 0 Å². The molecule has 1 aliphatic heterocycles. The lowest BCUT2D eigenvalue weighted by Crippen LogP contribution is -2.51. The quantitative estimate of drug-likeness (QED) is 0.851. The van der Waals surface area contributed by atoms with Gasteiger partial charge in [-0.15, -0.1) is 0 Å². The van der Waals surface area contributed by atoms with E-state index in [1.54, 1.807) is 14.2 Å². The number of methoxy groups -OCH3 is 2. The molecule has 0 aromatic heterocycles. The molecule has 144 valence electrons. The Labute approximate surface area is 164 Å². The second kappa shape index (κ2) is 8.86. The maximum Gasteiger partial charge on any atom is 0.317 e. The van der Waals surface area contributed by atoms with Gasteiger partial charge in [0.15, 0.2) is 11.5 Å². The summed E-state index contributed by atoms with van der Waals surface area (Å²) in [6, 6.07) is 13.3. The van der Waals surface area contributed by atoms with Gasteiger partial charge in [0.25, 0.3) is 0 Å². The maximum atomic E-state index is 12.4. The van der Waals surface area contributed by atoms with Crippen molar-refractivity contribution in [3.8, 4) is 11.5 Å². The number of nitrogens with one attached hydrogen (secondary N) is 1. The molecule has 1 fully saturated rings. The topological polar surface area (TPSA) is 54.0 Å². The SMILES string of the molecule is COc1ccc(N2CCN(C(=O)NCc3ccc(Cl)cc3)CC2)cc1OC. The fourth-order valence-electron chi connectivity index (χ4n) is 3.08. The molecular weight excluding hydrogens is 366 g/mol. The number of hydrogen-bond acceptors (Lipinski definition) is 4. The molecule has 7 heteroatoms. The van der Waals surface area contributed by atoms with Crippen LogP contribution in [-0.4, -0.2) is 51.3 Å². The summed E-state index contributed by atoms with van der Waals surface area (Å²) in [5.41, 5.74) is 2.09. The van der Waals surface area contributed by atoms with Crippen LogP contribution in [0, 0.1) is 0 Å². The van der Waals surface area contributed by atoms with E-state index in [9.17, 15) is 4.79 Å². The number of halogens is 1. The molecule has 1 aliphatic rings. The van der Waals surface area contributed by atoms with Crippen molar-refractivity contribution in [3.63, 3.8) is 0 Å². The first-order valence-electron chi connectivity index (χ1n) is 8.85. The molecule has 0 bridgehead atoms. The summed E-state index contributed by atoms with van der Waals surface area (Å²) in [5.74, 6) is 1.42. The predicted octanol–water partition coefficient (Wildman–Crippen LogP) is 3.39. The van der Waals surface area contributed by atoms with Crippen LogP contribution in [0.1, 0.15) is 5.56 Å². The van der Waals surface area contributed by atoms with Crippen LogP contribution in [0.3, 0.4) is 0 Å². The zero-order valence-corrected chi connectivity index (χ0v) is 16.3. The zero-order valence-electron chi connectivity index (χ0n) is 15.6. The second-order valence-electron chi connectivity index (χ2n) is 6.30. The number of urea groups is 1. The molecule has 6 nitrogen and oxygen atoms in total. The Balaban J connectivity index is 1.52. The van der Waals surface area contributed by atoms with Crippen LogP contribution in [0.25, 0.3) is 0 Å². The molecule has 0 spiro atoms. The third-order valence-electron chi connectivity index (χ3n) is 4.66. The van der Waals surface area contributed by atoms with E-state index in [-0.39, 0.29) is 6.03 Å². The van der Waals surface area contributed by atoms with Crippen molar-refractivity contribution in [1.82, 2.24) is 10.2 Å². The Morgan fingerprint density at radius 3 is 2.30 bits per heavy atom. The molecule has 0 saturated carbocycles. The first-order valence-corrected chi connectivity index (χ1v) is 9.22. The number of carbonyl (C=O) groups excluding carboxylic acids is 1. The summed E-state index contributed by atoms with van der Waals surface area (Å²) in [7, 11) is 3.25. The first kappa shape index (κ1) is 19.2. The Morgan fingerprint density at radius 2 is 1.67 bits per heavy atom. The molecule has 3 rings (SSSR count). The third-order valence-corrected chi connectivity index (χ3v) is 4.91. The molecule has 1 saturated heterocycles. The smallest absolute Gasteiger partial charge is 0.317 e. The zero-order chi connectivity index (χ0) is 19.2. The largest absolute Gasteiger partial charge is 0.493 e. The number of nitrogens with zero attached hydrogens (tertiary/aromatic N) is 2. The minimum atomic E-state index is -0.0445. The summed E-state index contributed by atoms with van der Waals surface area (Å²) in [6.45, 7) is 3.36. The summed E-state index contributed by atoms with van der Waals surface area (Å²) >= 11 is 5.88. The van der Waals surface area contributed by atoms with Crippen molar-refractivity contribution in [2.45, 2.75) is 6.54 Å². The van der Waals surface area contributed by atoms with Crippen molar-refractivity contribution in [1.29, 1.82) is 0 Å². The molecule has 27 heavy (non-hydrogen) atoms. The number of rotatable bonds is 5. The lowest BCUT2D eigenvalue weighted by Gasteiger charge is -2.36. The number of hydrogen-bond donors (Lipinski definition) is 1. The van der Waals surface area contributed by atoms with E-state index in [1.807, 2.05) is 47.4 Å². The minimum Gasteiger partial charge on any atom is -0.493 e. The molecule has 0 radical (unpaired) electrons.